The van der Waals surface area contributed by atoms with Gasteiger partial charge in [-0.3, -0.25) is 4.98 Å². The van der Waals surface area contributed by atoms with E-state index >= 15 is 0 Å². The van der Waals surface area contributed by atoms with Gasteiger partial charge in [-0.15, -0.1) is 0 Å². The number of aryl methyl sites for hydroxylation is 2. The van der Waals surface area contributed by atoms with Crippen molar-refractivity contribution in [1.29, 1.82) is 5.26 Å². The van der Waals surface area contributed by atoms with Crippen molar-refractivity contribution in [2.24, 2.45) is 0 Å². The smallest absolute Gasteiger partial charge is 0.101 e. The molecule has 0 saturated carbocycles. The van der Waals surface area contributed by atoms with Crippen molar-refractivity contribution in [3.05, 3.63) is 53.3 Å². The number of nitriles is 1. The van der Waals surface area contributed by atoms with Crippen LogP contribution in [-0.4, -0.2) is 4.98 Å². The van der Waals surface area contributed by atoms with Crippen LogP contribution in [0, 0.1) is 25.2 Å². The highest BCUT2D eigenvalue weighted by Crippen LogP contribution is 2.23. The summed E-state index contributed by atoms with van der Waals surface area (Å²) in [6.07, 6.45) is 1.77. The summed E-state index contributed by atoms with van der Waals surface area (Å²) in [4.78, 5) is 4.22. The lowest BCUT2D eigenvalue weighted by Gasteiger charge is -2.10. The summed E-state index contributed by atoms with van der Waals surface area (Å²) < 4.78 is 0. The molecule has 0 atom stereocenters. The maximum absolute atomic E-state index is 9.06. The molecule has 2 rings (SSSR count). The fourth-order valence-corrected chi connectivity index (χ4v) is 1.61. The second kappa shape index (κ2) is 4.67. The molecule has 3 nitrogen and oxygen atoms in total. The van der Waals surface area contributed by atoms with Crippen LogP contribution in [-0.2, 0) is 0 Å². The van der Waals surface area contributed by atoms with E-state index in [0.29, 0.717) is 5.56 Å². The molecule has 84 valence electrons. The minimum Gasteiger partial charge on any atom is -0.353 e. The monoisotopic (exact) mass is 223 g/mol. The molecule has 1 aromatic carbocycles. The van der Waals surface area contributed by atoms with Crippen molar-refractivity contribution in [1.82, 2.24) is 4.98 Å². The van der Waals surface area contributed by atoms with Crippen LogP contribution >= 0.6 is 0 Å². The SMILES string of the molecule is Cc1ccc(Nc2c(C)cccc2C#N)cn1. The number of aromatic nitrogens is 1. The van der Waals surface area contributed by atoms with Crippen LogP contribution in [0.5, 0.6) is 0 Å². The molecule has 3 heteroatoms. The van der Waals surface area contributed by atoms with Gasteiger partial charge in [-0.2, -0.15) is 5.26 Å². The first-order valence-electron chi connectivity index (χ1n) is 5.40. The molecule has 0 unspecified atom stereocenters. The molecule has 0 amide bonds. The van der Waals surface area contributed by atoms with E-state index < -0.39 is 0 Å². The van der Waals surface area contributed by atoms with Crippen molar-refractivity contribution in [3.63, 3.8) is 0 Å². The third kappa shape index (κ3) is 2.43. The zero-order valence-electron chi connectivity index (χ0n) is 9.86. The lowest BCUT2D eigenvalue weighted by atomic mass is 10.1. The van der Waals surface area contributed by atoms with Gasteiger partial charge in [0.05, 0.1) is 23.1 Å². The number of nitrogens with one attached hydrogen (secondary N) is 1. The average Bonchev–Trinajstić information content (AvgIpc) is 2.34. The highest BCUT2D eigenvalue weighted by molar-refractivity contribution is 5.69. The Balaban J connectivity index is 2.36. The van der Waals surface area contributed by atoms with Gasteiger partial charge in [-0.05, 0) is 37.6 Å². The van der Waals surface area contributed by atoms with Gasteiger partial charge in [-0.25, -0.2) is 0 Å². The van der Waals surface area contributed by atoms with Crippen LogP contribution < -0.4 is 5.32 Å². The molecule has 0 radical (unpaired) electrons. The molecule has 0 fully saturated rings. The van der Waals surface area contributed by atoms with Crippen LogP contribution in [0.1, 0.15) is 16.8 Å². The molecule has 0 aliphatic carbocycles. The van der Waals surface area contributed by atoms with E-state index in [2.05, 4.69) is 16.4 Å². The summed E-state index contributed by atoms with van der Waals surface area (Å²) in [7, 11) is 0. The molecule has 0 aliphatic heterocycles. The van der Waals surface area contributed by atoms with E-state index in [1.165, 1.54) is 0 Å². The van der Waals surface area contributed by atoms with E-state index in [4.69, 9.17) is 5.26 Å². The highest BCUT2D eigenvalue weighted by atomic mass is 14.9. The minimum atomic E-state index is 0.644. The van der Waals surface area contributed by atoms with Crippen LogP contribution in [0.3, 0.4) is 0 Å². The lowest BCUT2D eigenvalue weighted by molar-refractivity contribution is 1.20. The number of nitrogens with zero attached hydrogens (tertiary/aromatic N) is 2. The molecule has 17 heavy (non-hydrogen) atoms. The molecular formula is C14H13N3. The fraction of sp³-hybridized carbons (Fsp3) is 0.143. The molecule has 2 aromatic rings. The minimum absolute atomic E-state index is 0.644. The van der Waals surface area contributed by atoms with Gasteiger partial charge in [0.25, 0.3) is 0 Å². The fourth-order valence-electron chi connectivity index (χ4n) is 1.61. The Kier molecular flexibility index (Phi) is 3.06. The molecule has 1 N–H and O–H groups in total. The molecule has 0 bridgehead atoms. The van der Waals surface area contributed by atoms with Crippen molar-refractivity contribution in [2.75, 3.05) is 5.32 Å². The molecule has 0 aliphatic rings. The van der Waals surface area contributed by atoms with Crippen molar-refractivity contribution in [3.8, 4) is 6.07 Å². The van der Waals surface area contributed by atoms with Crippen molar-refractivity contribution < 1.29 is 0 Å². The summed E-state index contributed by atoms with van der Waals surface area (Å²) in [6, 6.07) is 11.7. The average molecular weight is 223 g/mol. The standard InChI is InChI=1S/C14H13N3/c1-10-4-3-5-12(8-15)14(10)17-13-7-6-11(2)16-9-13/h3-7,9,17H,1-2H3. The Labute approximate surface area is 101 Å². The van der Waals surface area contributed by atoms with Crippen molar-refractivity contribution in [2.45, 2.75) is 13.8 Å². The third-order valence-electron chi connectivity index (χ3n) is 2.57. The second-order valence-electron chi connectivity index (χ2n) is 3.92. The molecule has 1 heterocycles. The van der Waals surface area contributed by atoms with Crippen LogP contribution in [0.25, 0.3) is 0 Å². The maximum Gasteiger partial charge on any atom is 0.101 e. The topological polar surface area (TPSA) is 48.7 Å². The lowest BCUT2D eigenvalue weighted by Crippen LogP contribution is -1.97. The Morgan fingerprint density at radius 2 is 2.00 bits per heavy atom. The van der Waals surface area contributed by atoms with Gasteiger partial charge in [0.1, 0.15) is 6.07 Å². The zero-order chi connectivity index (χ0) is 12.3. The zero-order valence-corrected chi connectivity index (χ0v) is 9.86. The van der Waals surface area contributed by atoms with Crippen LogP contribution in [0.15, 0.2) is 36.5 Å². The second-order valence-corrected chi connectivity index (χ2v) is 3.92. The number of hydrogen-bond acceptors (Lipinski definition) is 3. The summed E-state index contributed by atoms with van der Waals surface area (Å²) >= 11 is 0. The molecule has 0 saturated heterocycles. The van der Waals surface area contributed by atoms with Crippen molar-refractivity contribution >= 4 is 11.4 Å². The quantitative estimate of drug-likeness (QED) is 0.849. The Morgan fingerprint density at radius 3 is 2.65 bits per heavy atom. The number of benzene rings is 1. The van der Waals surface area contributed by atoms with E-state index in [9.17, 15) is 0 Å². The first-order valence-corrected chi connectivity index (χ1v) is 5.40. The summed E-state index contributed by atoms with van der Waals surface area (Å²) in [6.45, 7) is 3.92. The number of rotatable bonds is 2. The van der Waals surface area contributed by atoms with Gasteiger partial charge >= 0.3 is 0 Å². The van der Waals surface area contributed by atoms with E-state index in [0.717, 1.165) is 22.6 Å². The number of pyridine rings is 1. The largest absolute Gasteiger partial charge is 0.353 e. The van der Waals surface area contributed by atoms with E-state index in [1.54, 1.807) is 12.3 Å². The third-order valence-corrected chi connectivity index (χ3v) is 2.57. The first kappa shape index (κ1) is 11.2. The maximum atomic E-state index is 9.06. The number of anilines is 2. The summed E-state index contributed by atoms with van der Waals surface area (Å²) in [5.74, 6) is 0. The Bertz CT molecular complexity index is 565. The van der Waals surface area contributed by atoms with Gasteiger partial charge in [0.2, 0.25) is 0 Å². The van der Waals surface area contributed by atoms with E-state index in [-0.39, 0.29) is 0 Å². The molecule has 1 aromatic heterocycles. The van der Waals surface area contributed by atoms with Gasteiger partial charge in [-0.1, -0.05) is 12.1 Å². The molecular weight excluding hydrogens is 210 g/mol. The Morgan fingerprint density at radius 1 is 1.18 bits per heavy atom. The van der Waals surface area contributed by atoms with Gasteiger partial charge < -0.3 is 5.32 Å². The predicted octanol–water partition coefficient (Wildman–Crippen LogP) is 3.31. The van der Waals surface area contributed by atoms with Crippen LogP contribution in [0.2, 0.25) is 0 Å². The van der Waals surface area contributed by atoms with Gasteiger partial charge in [0.15, 0.2) is 0 Å². The summed E-state index contributed by atoms with van der Waals surface area (Å²) in [5.41, 5.74) is 4.40. The highest BCUT2D eigenvalue weighted by Gasteiger charge is 2.05. The first-order chi connectivity index (χ1) is 8.20. The predicted molar refractivity (Wildman–Crippen MR) is 68.2 cm³/mol. The van der Waals surface area contributed by atoms with E-state index in [1.807, 2.05) is 38.1 Å². The van der Waals surface area contributed by atoms with Gasteiger partial charge in [0, 0.05) is 5.69 Å². The van der Waals surface area contributed by atoms with Crippen LogP contribution in [0.4, 0.5) is 11.4 Å². The number of hydrogen-bond donors (Lipinski definition) is 1. The number of para-hydroxylation sites is 1. The summed E-state index contributed by atoms with van der Waals surface area (Å²) in [5, 5.41) is 12.3. The normalized spacial score (nSPS) is 9.71. The Hall–Kier alpha value is -2.34. The molecule has 0 spiro atoms.